The minimum Gasteiger partial charge on any atom is -0.497 e. The van der Waals surface area contributed by atoms with Crippen molar-refractivity contribution in [2.75, 3.05) is 12.4 Å². The summed E-state index contributed by atoms with van der Waals surface area (Å²) in [5.41, 5.74) is 3.41. The van der Waals surface area contributed by atoms with Crippen LogP contribution in [0.5, 0.6) is 5.75 Å². The molecule has 0 fully saturated rings. The van der Waals surface area contributed by atoms with Crippen LogP contribution in [0.2, 0.25) is 0 Å². The summed E-state index contributed by atoms with van der Waals surface area (Å²) in [6.45, 7) is 1.52. The number of aromatic amines is 1. The summed E-state index contributed by atoms with van der Waals surface area (Å²) in [5.74, 6) is 0.379. The smallest absolute Gasteiger partial charge is 0.338 e. The molecule has 1 unspecified atom stereocenters. The van der Waals surface area contributed by atoms with Crippen LogP contribution in [0.3, 0.4) is 0 Å². The maximum Gasteiger partial charge on any atom is 0.338 e. The molecule has 2 aromatic heterocycles. The molecule has 1 atom stereocenters. The number of para-hydroxylation sites is 1. The van der Waals surface area contributed by atoms with Crippen molar-refractivity contribution in [3.8, 4) is 17.1 Å². The topological polar surface area (TPSA) is 106 Å². The predicted octanol–water partition coefficient (Wildman–Crippen LogP) is 5.03. The van der Waals surface area contributed by atoms with E-state index in [9.17, 15) is 9.59 Å². The van der Waals surface area contributed by atoms with Crippen molar-refractivity contribution < 1.29 is 19.1 Å². The highest BCUT2D eigenvalue weighted by molar-refractivity contribution is 7.22. The largest absolute Gasteiger partial charge is 0.497 e. The van der Waals surface area contributed by atoms with Crippen LogP contribution in [0, 0.1) is 0 Å². The Morgan fingerprint density at radius 2 is 1.79 bits per heavy atom. The minimum atomic E-state index is -0.994. The number of nitrogens with zero attached hydrogens (tertiary/aromatic N) is 2. The van der Waals surface area contributed by atoms with Crippen molar-refractivity contribution in [2.45, 2.75) is 13.0 Å². The predicted molar refractivity (Wildman–Crippen MR) is 131 cm³/mol. The normalized spacial score (nSPS) is 11.9. The number of esters is 1. The summed E-state index contributed by atoms with van der Waals surface area (Å²) >= 11 is 1.36. The van der Waals surface area contributed by atoms with Crippen LogP contribution in [-0.2, 0) is 9.53 Å². The molecular formula is C25H20N4O4S. The standard InChI is InChI=1S/C25H20N4O4S/c1-14(23(30)29-25-28-19-5-3-4-6-21(19)34-25)33-24(31)16-9-12-18-20(13-16)27-22(26-18)15-7-10-17(32-2)11-8-15/h3-14H,1-2H3,(H,26,27)(H,28,29,30). The summed E-state index contributed by atoms with van der Waals surface area (Å²) in [4.78, 5) is 37.4. The summed E-state index contributed by atoms with van der Waals surface area (Å²) in [5, 5.41) is 3.17. The van der Waals surface area contributed by atoms with Gasteiger partial charge in [-0.15, -0.1) is 0 Å². The van der Waals surface area contributed by atoms with Crippen LogP contribution >= 0.6 is 11.3 Å². The number of hydrogen-bond acceptors (Lipinski definition) is 7. The lowest BCUT2D eigenvalue weighted by molar-refractivity contribution is -0.123. The van der Waals surface area contributed by atoms with E-state index in [0.29, 0.717) is 27.6 Å². The molecule has 34 heavy (non-hydrogen) atoms. The molecule has 9 heteroatoms. The van der Waals surface area contributed by atoms with E-state index < -0.39 is 18.0 Å². The minimum absolute atomic E-state index is 0.317. The number of nitrogens with one attached hydrogen (secondary N) is 2. The number of benzene rings is 3. The third-order valence-corrected chi connectivity index (χ3v) is 6.21. The third kappa shape index (κ3) is 4.33. The molecule has 1 amide bonds. The summed E-state index contributed by atoms with van der Waals surface area (Å²) in [6, 6.07) is 20.1. The lowest BCUT2D eigenvalue weighted by Gasteiger charge is -2.12. The molecule has 8 nitrogen and oxygen atoms in total. The van der Waals surface area contributed by atoms with Crippen molar-refractivity contribution in [1.82, 2.24) is 15.0 Å². The second-order valence-electron chi connectivity index (χ2n) is 7.57. The van der Waals surface area contributed by atoms with E-state index in [0.717, 1.165) is 21.5 Å². The van der Waals surface area contributed by atoms with Crippen molar-refractivity contribution in [2.24, 2.45) is 0 Å². The van der Waals surface area contributed by atoms with E-state index >= 15 is 0 Å². The molecule has 2 N–H and O–H groups in total. The van der Waals surface area contributed by atoms with Crippen molar-refractivity contribution in [3.63, 3.8) is 0 Å². The number of H-pyrrole nitrogens is 1. The van der Waals surface area contributed by atoms with E-state index in [-0.39, 0.29) is 0 Å². The zero-order chi connectivity index (χ0) is 23.7. The molecule has 0 radical (unpaired) electrons. The SMILES string of the molecule is COc1ccc(-c2nc3ccc(C(=O)OC(C)C(=O)Nc4nc5ccccc5s4)cc3[nH]2)cc1. The van der Waals surface area contributed by atoms with Gasteiger partial charge in [-0.3, -0.25) is 10.1 Å². The summed E-state index contributed by atoms with van der Waals surface area (Å²) < 4.78 is 11.5. The number of imidazole rings is 1. The number of thiazole rings is 1. The second kappa shape index (κ2) is 8.95. The van der Waals surface area contributed by atoms with Gasteiger partial charge in [-0.05, 0) is 61.5 Å². The van der Waals surface area contributed by atoms with Gasteiger partial charge in [0.15, 0.2) is 11.2 Å². The fourth-order valence-corrected chi connectivity index (χ4v) is 4.31. The van der Waals surface area contributed by atoms with Gasteiger partial charge in [0.25, 0.3) is 5.91 Å². The van der Waals surface area contributed by atoms with Crippen molar-refractivity contribution in [3.05, 3.63) is 72.3 Å². The fraction of sp³-hybridized carbons (Fsp3) is 0.120. The van der Waals surface area contributed by atoms with E-state index in [1.54, 1.807) is 25.3 Å². The van der Waals surface area contributed by atoms with Gasteiger partial charge in [-0.1, -0.05) is 23.5 Å². The van der Waals surface area contributed by atoms with Gasteiger partial charge in [0.05, 0.1) is 33.9 Å². The number of carbonyl (C=O) groups excluding carboxylic acids is 2. The maximum absolute atomic E-state index is 12.7. The van der Waals surface area contributed by atoms with Gasteiger partial charge in [-0.25, -0.2) is 14.8 Å². The van der Waals surface area contributed by atoms with Crippen LogP contribution in [0.1, 0.15) is 17.3 Å². The number of rotatable bonds is 6. The number of hydrogen-bond donors (Lipinski definition) is 2. The molecule has 0 aliphatic heterocycles. The molecule has 170 valence electrons. The lowest BCUT2D eigenvalue weighted by atomic mass is 10.2. The average Bonchev–Trinajstić information content (AvgIpc) is 3.47. The molecule has 3 aromatic carbocycles. The first kappa shape index (κ1) is 21.6. The molecule has 0 bridgehead atoms. The second-order valence-corrected chi connectivity index (χ2v) is 8.60. The Labute approximate surface area is 198 Å². The van der Waals surface area contributed by atoms with Gasteiger partial charge < -0.3 is 14.5 Å². The molecule has 0 spiro atoms. The van der Waals surface area contributed by atoms with Crippen LogP contribution in [-0.4, -0.2) is 40.0 Å². The maximum atomic E-state index is 12.7. The van der Waals surface area contributed by atoms with E-state index in [1.807, 2.05) is 48.5 Å². The van der Waals surface area contributed by atoms with Gasteiger partial charge in [0, 0.05) is 5.56 Å². The first-order chi connectivity index (χ1) is 16.5. The number of amides is 1. The number of ether oxygens (including phenoxy) is 2. The Morgan fingerprint density at radius 3 is 2.56 bits per heavy atom. The van der Waals surface area contributed by atoms with Gasteiger partial charge in [0.2, 0.25) is 0 Å². The van der Waals surface area contributed by atoms with Crippen LogP contribution in [0.4, 0.5) is 5.13 Å². The number of aromatic nitrogens is 3. The number of anilines is 1. The number of fused-ring (bicyclic) bond motifs is 2. The van der Waals surface area contributed by atoms with E-state index in [1.165, 1.54) is 18.3 Å². The van der Waals surface area contributed by atoms with Gasteiger partial charge >= 0.3 is 5.97 Å². The van der Waals surface area contributed by atoms with E-state index in [4.69, 9.17) is 9.47 Å². The van der Waals surface area contributed by atoms with Crippen LogP contribution in [0.15, 0.2) is 66.7 Å². The molecular weight excluding hydrogens is 452 g/mol. The summed E-state index contributed by atoms with van der Waals surface area (Å²) in [7, 11) is 1.61. The Hall–Kier alpha value is -4.24. The van der Waals surface area contributed by atoms with Crippen molar-refractivity contribution in [1.29, 1.82) is 0 Å². The zero-order valence-corrected chi connectivity index (χ0v) is 19.2. The Kier molecular flexibility index (Phi) is 5.69. The first-order valence-corrected chi connectivity index (χ1v) is 11.3. The third-order valence-electron chi connectivity index (χ3n) is 5.26. The molecule has 0 saturated heterocycles. The Bertz CT molecular complexity index is 1470. The van der Waals surface area contributed by atoms with Crippen molar-refractivity contribution >= 4 is 49.6 Å². The fourth-order valence-electron chi connectivity index (χ4n) is 3.44. The first-order valence-electron chi connectivity index (χ1n) is 10.5. The Balaban J connectivity index is 1.27. The molecule has 2 heterocycles. The lowest BCUT2D eigenvalue weighted by Crippen LogP contribution is -2.29. The zero-order valence-electron chi connectivity index (χ0n) is 18.4. The van der Waals surface area contributed by atoms with Gasteiger partial charge in [0.1, 0.15) is 11.6 Å². The van der Waals surface area contributed by atoms with E-state index in [2.05, 4.69) is 20.3 Å². The molecule has 0 aliphatic carbocycles. The monoisotopic (exact) mass is 472 g/mol. The molecule has 0 saturated carbocycles. The van der Waals surface area contributed by atoms with Gasteiger partial charge in [-0.2, -0.15) is 0 Å². The molecule has 5 aromatic rings. The highest BCUT2D eigenvalue weighted by Crippen LogP contribution is 2.26. The molecule has 0 aliphatic rings. The van der Waals surface area contributed by atoms with Crippen LogP contribution < -0.4 is 10.1 Å². The highest BCUT2D eigenvalue weighted by Gasteiger charge is 2.21. The molecule has 5 rings (SSSR count). The quantitative estimate of drug-likeness (QED) is 0.336. The number of carbonyl (C=O) groups is 2. The summed E-state index contributed by atoms with van der Waals surface area (Å²) in [6.07, 6.45) is -0.994. The average molecular weight is 473 g/mol. The van der Waals surface area contributed by atoms with Crippen LogP contribution in [0.25, 0.3) is 32.6 Å². The number of methoxy groups -OCH3 is 1. The Morgan fingerprint density at radius 1 is 1.00 bits per heavy atom. The highest BCUT2D eigenvalue weighted by atomic mass is 32.1.